The zero-order valence-corrected chi connectivity index (χ0v) is 8.67. The van der Waals surface area contributed by atoms with Crippen LogP contribution in [0.15, 0.2) is 18.2 Å². The maximum Gasteiger partial charge on any atom is 0.125 e. The minimum absolute atomic E-state index is 0.200. The number of hydrogen-bond donors (Lipinski definition) is 1. The Kier molecular flexibility index (Phi) is 1.73. The zero-order valence-electron chi connectivity index (χ0n) is 8.67. The van der Waals surface area contributed by atoms with Gasteiger partial charge in [-0.1, -0.05) is 6.42 Å². The fraction of sp³-hybridized carbons (Fsp3) is 0.500. The van der Waals surface area contributed by atoms with E-state index in [1.54, 1.807) is 12.1 Å². The molecule has 1 aliphatic heterocycles. The standard InChI is InChI=1S/C12H15FN2/c13-9-2-3-10(14)11(6-9)15-7-12(8-15)4-1-5-12/h2-3,6H,1,4-5,7-8,14H2. The van der Waals surface area contributed by atoms with Gasteiger partial charge in [0.05, 0.1) is 11.4 Å². The molecule has 1 aliphatic carbocycles. The highest BCUT2D eigenvalue weighted by atomic mass is 19.1. The van der Waals surface area contributed by atoms with Crippen LogP contribution in [0.2, 0.25) is 0 Å². The molecule has 2 N–H and O–H groups in total. The van der Waals surface area contributed by atoms with Crippen molar-refractivity contribution < 1.29 is 4.39 Å². The van der Waals surface area contributed by atoms with Crippen molar-refractivity contribution >= 4 is 11.4 Å². The molecule has 0 aromatic heterocycles. The van der Waals surface area contributed by atoms with E-state index in [1.807, 2.05) is 0 Å². The van der Waals surface area contributed by atoms with Gasteiger partial charge < -0.3 is 10.6 Å². The van der Waals surface area contributed by atoms with E-state index in [9.17, 15) is 4.39 Å². The van der Waals surface area contributed by atoms with Gasteiger partial charge in [0.15, 0.2) is 0 Å². The van der Waals surface area contributed by atoms with Gasteiger partial charge in [-0.2, -0.15) is 0 Å². The highest BCUT2D eigenvalue weighted by molar-refractivity contribution is 5.69. The average molecular weight is 206 g/mol. The third kappa shape index (κ3) is 1.29. The summed E-state index contributed by atoms with van der Waals surface area (Å²) in [6.07, 6.45) is 4.02. The normalized spacial score (nSPS) is 22.3. The van der Waals surface area contributed by atoms with Gasteiger partial charge in [0.2, 0.25) is 0 Å². The Morgan fingerprint density at radius 2 is 2.00 bits per heavy atom. The van der Waals surface area contributed by atoms with E-state index in [4.69, 9.17) is 5.73 Å². The number of benzene rings is 1. The second kappa shape index (κ2) is 2.87. The molecule has 1 spiro atoms. The molecule has 0 radical (unpaired) electrons. The van der Waals surface area contributed by atoms with Crippen LogP contribution in [0.25, 0.3) is 0 Å². The first-order valence-corrected chi connectivity index (χ1v) is 5.49. The first kappa shape index (κ1) is 9.01. The zero-order chi connectivity index (χ0) is 10.5. The molecule has 1 heterocycles. The largest absolute Gasteiger partial charge is 0.397 e. The van der Waals surface area contributed by atoms with Crippen LogP contribution >= 0.6 is 0 Å². The summed E-state index contributed by atoms with van der Waals surface area (Å²) in [4.78, 5) is 2.19. The molecule has 2 fully saturated rings. The van der Waals surface area contributed by atoms with Gasteiger partial charge in [-0.15, -0.1) is 0 Å². The average Bonchev–Trinajstić information content (AvgIpc) is 2.06. The summed E-state index contributed by atoms with van der Waals surface area (Å²) in [7, 11) is 0. The van der Waals surface area contributed by atoms with Crippen molar-refractivity contribution in [1.29, 1.82) is 0 Å². The van der Waals surface area contributed by atoms with Crippen LogP contribution in [0, 0.1) is 11.2 Å². The van der Waals surface area contributed by atoms with Gasteiger partial charge in [-0.25, -0.2) is 4.39 Å². The fourth-order valence-corrected chi connectivity index (χ4v) is 2.72. The Morgan fingerprint density at radius 1 is 1.27 bits per heavy atom. The number of hydrogen-bond acceptors (Lipinski definition) is 2. The Labute approximate surface area is 88.9 Å². The molecule has 2 aliphatic rings. The second-order valence-corrected chi connectivity index (χ2v) is 4.91. The van der Waals surface area contributed by atoms with E-state index in [0.717, 1.165) is 18.8 Å². The van der Waals surface area contributed by atoms with Crippen molar-refractivity contribution in [1.82, 2.24) is 0 Å². The minimum Gasteiger partial charge on any atom is -0.397 e. The number of anilines is 2. The molecule has 1 aromatic rings. The van der Waals surface area contributed by atoms with E-state index in [2.05, 4.69) is 4.90 Å². The molecular weight excluding hydrogens is 191 g/mol. The molecule has 1 saturated carbocycles. The molecule has 0 atom stereocenters. The minimum atomic E-state index is -0.200. The lowest BCUT2D eigenvalue weighted by atomic mass is 9.63. The van der Waals surface area contributed by atoms with Crippen LogP contribution in [0.3, 0.4) is 0 Å². The predicted octanol–water partition coefficient (Wildman–Crippen LogP) is 2.40. The molecule has 3 rings (SSSR count). The lowest BCUT2D eigenvalue weighted by Gasteiger charge is -2.57. The van der Waals surface area contributed by atoms with Crippen molar-refractivity contribution in [3.05, 3.63) is 24.0 Å². The third-order valence-corrected chi connectivity index (χ3v) is 3.80. The van der Waals surface area contributed by atoms with Crippen LogP contribution in [0.5, 0.6) is 0 Å². The molecule has 2 nitrogen and oxygen atoms in total. The van der Waals surface area contributed by atoms with Crippen LogP contribution < -0.4 is 10.6 Å². The molecule has 0 unspecified atom stereocenters. The summed E-state index contributed by atoms with van der Waals surface area (Å²) >= 11 is 0. The third-order valence-electron chi connectivity index (χ3n) is 3.80. The Bertz CT molecular complexity index is 391. The van der Waals surface area contributed by atoms with E-state index < -0.39 is 0 Å². The first-order chi connectivity index (χ1) is 7.19. The van der Waals surface area contributed by atoms with Crippen molar-refractivity contribution in [2.24, 2.45) is 5.41 Å². The SMILES string of the molecule is Nc1ccc(F)cc1N1CC2(CCC2)C1. The Hall–Kier alpha value is -1.25. The lowest BCUT2D eigenvalue weighted by Crippen LogP contribution is -2.60. The van der Waals surface area contributed by atoms with E-state index in [0.29, 0.717) is 11.1 Å². The maximum atomic E-state index is 13.1. The van der Waals surface area contributed by atoms with Gasteiger partial charge in [0, 0.05) is 18.5 Å². The molecule has 0 bridgehead atoms. The van der Waals surface area contributed by atoms with E-state index >= 15 is 0 Å². The van der Waals surface area contributed by atoms with Gasteiger partial charge in [0.1, 0.15) is 5.82 Å². The second-order valence-electron chi connectivity index (χ2n) is 4.91. The van der Waals surface area contributed by atoms with Crippen molar-refractivity contribution in [2.45, 2.75) is 19.3 Å². The summed E-state index contributed by atoms with van der Waals surface area (Å²) in [5.41, 5.74) is 7.95. The van der Waals surface area contributed by atoms with E-state index in [1.165, 1.54) is 25.3 Å². The maximum absolute atomic E-state index is 13.1. The van der Waals surface area contributed by atoms with Crippen LogP contribution in [0.4, 0.5) is 15.8 Å². The molecule has 1 saturated heterocycles. The topological polar surface area (TPSA) is 29.3 Å². The smallest absolute Gasteiger partial charge is 0.125 e. The van der Waals surface area contributed by atoms with Crippen molar-refractivity contribution in [2.75, 3.05) is 23.7 Å². The lowest BCUT2D eigenvalue weighted by molar-refractivity contribution is 0.0905. The Balaban J connectivity index is 1.80. The predicted molar refractivity (Wildman–Crippen MR) is 59.3 cm³/mol. The highest BCUT2D eigenvalue weighted by Crippen LogP contribution is 2.50. The highest BCUT2D eigenvalue weighted by Gasteiger charge is 2.47. The van der Waals surface area contributed by atoms with E-state index in [-0.39, 0.29) is 5.82 Å². The molecular formula is C12H15FN2. The summed E-state index contributed by atoms with van der Waals surface area (Å²) in [6.45, 7) is 2.11. The quantitative estimate of drug-likeness (QED) is 0.715. The number of rotatable bonds is 1. The van der Waals surface area contributed by atoms with Crippen molar-refractivity contribution in [3.63, 3.8) is 0 Å². The fourth-order valence-electron chi connectivity index (χ4n) is 2.72. The molecule has 3 heteroatoms. The molecule has 15 heavy (non-hydrogen) atoms. The summed E-state index contributed by atoms with van der Waals surface area (Å²) in [6, 6.07) is 4.61. The molecule has 0 amide bonds. The van der Waals surface area contributed by atoms with Gasteiger partial charge in [-0.3, -0.25) is 0 Å². The molecule has 80 valence electrons. The van der Waals surface area contributed by atoms with Gasteiger partial charge in [-0.05, 0) is 31.0 Å². The summed E-state index contributed by atoms with van der Waals surface area (Å²) < 4.78 is 13.1. The summed E-state index contributed by atoms with van der Waals surface area (Å²) in [5, 5.41) is 0. The number of nitrogen functional groups attached to an aromatic ring is 1. The molecule has 1 aromatic carbocycles. The number of nitrogens with two attached hydrogens (primary N) is 1. The van der Waals surface area contributed by atoms with Gasteiger partial charge in [0.25, 0.3) is 0 Å². The number of halogens is 1. The number of nitrogens with zero attached hydrogens (tertiary/aromatic N) is 1. The van der Waals surface area contributed by atoms with Crippen LogP contribution in [0.1, 0.15) is 19.3 Å². The van der Waals surface area contributed by atoms with Crippen molar-refractivity contribution in [3.8, 4) is 0 Å². The van der Waals surface area contributed by atoms with Gasteiger partial charge >= 0.3 is 0 Å². The Morgan fingerprint density at radius 3 is 2.60 bits per heavy atom. The summed E-state index contributed by atoms with van der Waals surface area (Å²) in [5.74, 6) is -0.200. The first-order valence-electron chi connectivity index (χ1n) is 5.49. The van der Waals surface area contributed by atoms with Crippen LogP contribution in [-0.2, 0) is 0 Å². The monoisotopic (exact) mass is 206 g/mol. The van der Waals surface area contributed by atoms with Crippen LogP contribution in [-0.4, -0.2) is 13.1 Å².